The molecule has 8 aliphatic heterocycles. The molecule has 18 heterocycles. The summed E-state index contributed by atoms with van der Waals surface area (Å²) in [5.41, 5.74) is 6.82. The van der Waals surface area contributed by atoms with E-state index < -0.39 is 0 Å². The Morgan fingerprint density at radius 3 is 1.27 bits per heavy atom. The summed E-state index contributed by atoms with van der Waals surface area (Å²) in [4.78, 5) is 33.8. The summed E-state index contributed by atoms with van der Waals surface area (Å²) in [6.07, 6.45) is 15.3. The average molecular weight is 1910 g/mol. The van der Waals surface area contributed by atoms with Crippen LogP contribution in [0.5, 0.6) is 0 Å². The molecule has 4 N–H and O–H groups in total. The summed E-state index contributed by atoms with van der Waals surface area (Å²) in [5.74, 6) is 4.29. The number of nitrogens with zero attached hydrogens (tertiary/aromatic N) is 19. The fourth-order valence-electron chi connectivity index (χ4n) is 13.9. The van der Waals surface area contributed by atoms with E-state index >= 15 is 0 Å². The summed E-state index contributed by atoms with van der Waals surface area (Å²) in [6, 6.07) is 27.9. The van der Waals surface area contributed by atoms with Crippen molar-refractivity contribution in [2.24, 2.45) is 0 Å². The fourth-order valence-corrected chi connectivity index (χ4v) is 15.2. The molecule has 8 fully saturated rings. The number of aromatic amines is 1. The molecular formula is C82H106BCl6IN20O12. The van der Waals surface area contributed by atoms with Gasteiger partial charge in [0.05, 0.1) is 156 Å². The molecule has 122 heavy (non-hydrogen) atoms. The van der Waals surface area contributed by atoms with E-state index in [1.54, 1.807) is 46.3 Å². The lowest BCUT2D eigenvalue weighted by molar-refractivity contribution is -0.0384. The lowest BCUT2D eigenvalue weighted by atomic mass is 9.84. The van der Waals surface area contributed by atoms with Crippen molar-refractivity contribution in [3.05, 3.63) is 152 Å². The molecule has 2 unspecified atom stereocenters. The van der Waals surface area contributed by atoms with Crippen LogP contribution in [-0.2, 0) is 55.6 Å². The number of morpholine rings is 5. The number of rotatable bonds is 17. The second-order valence-electron chi connectivity index (χ2n) is 29.9. The van der Waals surface area contributed by atoms with Crippen LogP contribution in [0.15, 0.2) is 122 Å². The van der Waals surface area contributed by atoms with Crippen molar-refractivity contribution in [3.8, 4) is 45.6 Å². The number of halogens is 7. The summed E-state index contributed by atoms with van der Waals surface area (Å²) in [7, 11) is -0.381. The van der Waals surface area contributed by atoms with Gasteiger partial charge in [-0.1, -0.05) is 92.2 Å². The Labute approximate surface area is 754 Å². The van der Waals surface area contributed by atoms with Gasteiger partial charge in [-0.2, -0.15) is 25.5 Å². The minimum absolute atomic E-state index is 0.00720. The van der Waals surface area contributed by atoms with Crippen molar-refractivity contribution in [2.75, 3.05) is 193 Å². The highest BCUT2D eigenvalue weighted by Gasteiger charge is 2.53. The van der Waals surface area contributed by atoms with Gasteiger partial charge in [-0.15, -0.1) is 0 Å². The molecule has 0 saturated carbocycles. The first kappa shape index (κ1) is 94.0. The number of aliphatic hydroxyl groups is 3. The maximum absolute atomic E-state index is 9.09. The Morgan fingerprint density at radius 1 is 0.426 bits per heavy atom. The molecule has 32 nitrogen and oxygen atoms in total. The Hall–Kier alpha value is -7.15. The first-order chi connectivity index (χ1) is 59.2. The summed E-state index contributed by atoms with van der Waals surface area (Å²) < 4.78 is 58.7. The maximum atomic E-state index is 9.09. The van der Waals surface area contributed by atoms with E-state index in [1.165, 1.54) is 6.42 Å². The number of anilines is 5. The molecule has 0 bridgehead atoms. The largest absolute Gasteiger partial charge is 0.514 e. The lowest BCUT2D eigenvalue weighted by Crippen LogP contribution is -2.42. The molecule has 0 aromatic carbocycles. The van der Waals surface area contributed by atoms with Crippen molar-refractivity contribution in [3.63, 3.8) is 0 Å². The second-order valence-corrected chi connectivity index (χ2v) is 33.6. The molecule has 0 radical (unpaired) electrons. The monoisotopic (exact) mass is 1910 g/mol. The van der Waals surface area contributed by atoms with E-state index in [4.69, 9.17) is 132 Å². The highest BCUT2D eigenvalue weighted by atomic mass is 127. The molecule has 658 valence electrons. The SMILES string of the molecule is CC1(C)OB(c2ccnn2C2CCCCO2)OC1(C)C.Clc1cc(-c2ccn[nH]2)nc(N2CCOCC2)c1.Clc1cc(-c2ccnn2C2CCCCO2)nc(N2CCOCC2)c1.Clc1cc(Cl)nc(N2CCOCC2)c1.OCCI.OCCn1ccc(-c2cc(Cl)cc(N3CCOCC3)n2)n1.OCCn1nccc1-c1cc(Cl)cc(N2CCOCC2)n1. The van der Waals surface area contributed by atoms with Crippen LogP contribution >= 0.6 is 92.2 Å². The van der Waals surface area contributed by atoms with Gasteiger partial charge in [0, 0.05) is 139 Å². The Kier molecular flexibility index (Phi) is 36.5. The first-order valence-corrected chi connectivity index (χ1v) is 44.8. The normalized spacial score (nSPS) is 18.9. The highest BCUT2D eigenvalue weighted by Crippen LogP contribution is 2.38. The predicted octanol–water partition coefficient (Wildman–Crippen LogP) is 12.5. The minimum atomic E-state index is -0.381. The fraction of sp³-hybridized carbons (Fsp3) is 0.512. The third-order valence-electron chi connectivity index (χ3n) is 20.9. The van der Waals surface area contributed by atoms with Crippen LogP contribution < -0.4 is 30.1 Å². The summed E-state index contributed by atoms with van der Waals surface area (Å²) in [6.45, 7) is 26.5. The third kappa shape index (κ3) is 27.0. The van der Waals surface area contributed by atoms with Crippen molar-refractivity contribution >= 4 is 134 Å². The van der Waals surface area contributed by atoms with Gasteiger partial charge in [0.1, 0.15) is 46.2 Å². The van der Waals surface area contributed by atoms with E-state index in [9.17, 15) is 0 Å². The van der Waals surface area contributed by atoms with E-state index in [0.29, 0.717) is 76.4 Å². The van der Waals surface area contributed by atoms with Gasteiger partial charge >= 0.3 is 7.12 Å². The zero-order valence-electron chi connectivity index (χ0n) is 69.0. The molecule has 18 rings (SSSR count). The highest BCUT2D eigenvalue weighted by molar-refractivity contribution is 14.1. The van der Waals surface area contributed by atoms with Crippen LogP contribution in [0.2, 0.25) is 30.3 Å². The van der Waals surface area contributed by atoms with Crippen LogP contribution in [0.1, 0.15) is 78.7 Å². The van der Waals surface area contributed by atoms with E-state index in [1.807, 2.05) is 94.4 Å². The molecule has 40 heteroatoms. The van der Waals surface area contributed by atoms with Gasteiger partial charge in [-0.3, -0.25) is 14.5 Å². The number of aromatic nitrogens is 15. The maximum Gasteiger partial charge on any atom is 0.514 e. The smallest absolute Gasteiger partial charge is 0.398 e. The molecule has 10 aromatic rings. The van der Waals surface area contributed by atoms with Crippen LogP contribution in [0.4, 0.5) is 29.1 Å². The Morgan fingerprint density at radius 2 is 0.828 bits per heavy atom. The van der Waals surface area contributed by atoms with Gasteiger partial charge in [0.25, 0.3) is 0 Å². The zero-order chi connectivity index (χ0) is 85.8. The minimum Gasteiger partial charge on any atom is -0.398 e. The lowest BCUT2D eigenvalue weighted by Gasteiger charge is -2.32. The third-order valence-corrected chi connectivity index (χ3v) is 22.7. The number of H-pyrrole nitrogens is 1. The second kappa shape index (κ2) is 47.4. The standard InChI is InChI=1S/C17H21ClN4O2.C14H23BN2O3.2C14H17ClN4O2.C12H13ClN4O.C9H10Cl2N2O.C2H5IO/c18-13-11-14(20-16(12-13)21-6-9-23-10-7-21)15-4-5-19-22(15)17-3-1-2-8-24-17;1-13(2)14(3,4)20-15(19-13)11-8-9-16-17(11)12-7-5-6-10-18-12;15-11-9-12(13-1-2-16-19(13)3-6-20)17-14(10-11)18-4-7-21-8-5-18;15-11-9-13(12-1-2-19(17-12)3-6-20)16-14(10-11)18-4-7-21-8-5-18;13-9-7-11(10-1-2-14-16-10)15-12(8-9)17-3-5-18-6-4-17;10-7-5-8(11)12-9(6-7)13-1-3-14-4-2-13;3-1-2-4/h4-5,11-12,17H,1-3,6-10H2;8-9,12H,5-7,10H2,1-4H3;2*1-2,9-10,20H,3-8H2;1-2,7-8H,3-6H2,(H,14,16);5-6H,1-4H2;4H,1-2H2. The predicted molar refractivity (Wildman–Crippen MR) is 483 cm³/mol. The van der Waals surface area contributed by atoms with Crippen LogP contribution in [0, 0.1) is 0 Å². The molecule has 2 atom stereocenters. The zero-order valence-corrected chi connectivity index (χ0v) is 75.7. The molecule has 10 aromatic heterocycles. The van der Waals surface area contributed by atoms with Crippen molar-refractivity contribution in [2.45, 2.75) is 103 Å². The van der Waals surface area contributed by atoms with Gasteiger partial charge in [-0.25, -0.2) is 34.3 Å². The van der Waals surface area contributed by atoms with Crippen molar-refractivity contribution in [1.29, 1.82) is 0 Å². The van der Waals surface area contributed by atoms with Crippen LogP contribution in [0.3, 0.4) is 0 Å². The number of nitrogens with one attached hydrogen (secondary N) is 1. The van der Waals surface area contributed by atoms with E-state index in [-0.39, 0.29) is 44.0 Å². The van der Waals surface area contributed by atoms with E-state index in [0.717, 1.165) is 235 Å². The number of hydrogen-bond donors (Lipinski definition) is 4. The molecular weight excluding hydrogens is 1810 g/mol. The van der Waals surface area contributed by atoms with Crippen molar-refractivity contribution < 1.29 is 57.8 Å². The summed E-state index contributed by atoms with van der Waals surface area (Å²) in [5, 5.41) is 53.9. The first-order valence-electron chi connectivity index (χ1n) is 41.0. The topological polar surface area (TPSA) is 324 Å². The molecule has 0 aliphatic carbocycles. The Bertz CT molecular complexity index is 4770. The number of ether oxygens (including phenoxy) is 7. The van der Waals surface area contributed by atoms with Gasteiger partial charge in [0.15, 0.2) is 6.23 Å². The summed E-state index contributed by atoms with van der Waals surface area (Å²) >= 11 is 38.8. The molecule has 0 amide bonds. The molecule has 8 aliphatic rings. The van der Waals surface area contributed by atoms with Gasteiger partial charge in [-0.05, 0) is 157 Å². The van der Waals surface area contributed by atoms with Gasteiger partial charge in [0.2, 0.25) is 0 Å². The molecule has 8 saturated heterocycles. The number of alkyl halides is 1. The Balaban J connectivity index is 0.000000133. The number of pyridine rings is 5. The van der Waals surface area contributed by atoms with Crippen molar-refractivity contribution in [1.82, 2.24) is 74.2 Å². The quantitative estimate of drug-likeness (QED) is 0.0285. The van der Waals surface area contributed by atoms with E-state index in [2.05, 4.69) is 125 Å². The van der Waals surface area contributed by atoms with Crippen LogP contribution in [-0.4, -0.2) is 277 Å². The average Bonchev–Trinajstić information content (AvgIpc) is 1.61. The number of hydrogen-bond acceptors (Lipinski definition) is 27. The number of aliphatic hydroxyl groups excluding tert-OH is 3. The van der Waals surface area contributed by atoms with Crippen LogP contribution in [0.25, 0.3) is 45.6 Å². The van der Waals surface area contributed by atoms with Gasteiger partial charge < -0.3 is 82.3 Å². The molecule has 0 spiro atoms.